The summed E-state index contributed by atoms with van der Waals surface area (Å²) in [6.45, 7) is 5.25. The molecule has 0 heterocycles. The van der Waals surface area contributed by atoms with Gasteiger partial charge in [0, 0.05) is 6.04 Å². The maximum atomic E-state index is 11.6. The van der Waals surface area contributed by atoms with Crippen LogP contribution in [0.2, 0.25) is 0 Å². The summed E-state index contributed by atoms with van der Waals surface area (Å²) in [5.74, 6) is -0.675. The molecule has 0 amide bonds. The number of rotatable bonds is 4. The normalized spacial score (nSPS) is 14.9. The first-order valence-corrected chi connectivity index (χ1v) is 6.00. The minimum Gasteiger partial charge on any atom is -0.458 e. The fraction of sp³-hybridized carbons (Fsp3) is 0.500. The summed E-state index contributed by atoms with van der Waals surface area (Å²) >= 11 is 0. The third kappa shape index (κ3) is 4.85. The van der Waals surface area contributed by atoms with Crippen molar-refractivity contribution in [2.24, 2.45) is 5.73 Å². The van der Waals surface area contributed by atoms with Crippen molar-refractivity contribution in [1.29, 1.82) is 0 Å². The number of hydrogen-bond donors (Lipinski definition) is 2. The largest absolute Gasteiger partial charge is 0.458 e. The van der Waals surface area contributed by atoms with Crippen molar-refractivity contribution in [3.8, 4) is 0 Å². The number of carbonyl (C=O) groups excluding carboxylic acids is 1. The fourth-order valence-corrected chi connectivity index (χ4v) is 1.53. The molecule has 1 rings (SSSR count). The van der Waals surface area contributed by atoms with Gasteiger partial charge in [0.15, 0.2) is 6.10 Å². The first kappa shape index (κ1) is 14.7. The van der Waals surface area contributed by atoms with Gasteiger partial charge < -0.3 is 15.6 Å². The second kappa shape index (κ2) is 5.98. The Morgan fingerprint density at radius 3 is 2.39 bits per heavy atom. The summed E-state index contributed by atoms with van der Waals surface area (Å²) in [4.78, 5) is 11.6. The van der Waals surface area contributed by atoms with Gasteiger partial charge in [0.05, 0.1) is 0 Å². The van der Waals surface area contributed by atoms with E-state index in [4.69, 9.17) is 10.5 Å². The number of esters is 1. The van der Waals surface area contributed by atoms with Crippen molar-refractivity contribution in [1.82, 2.24) is 0 Å². The van der Waals surface area contributed by atoms with Gasteiger partial charge >= 0.3 is 5.97 Å². The maximum absolute atomic E-state index is 11.6. The van der Waals surface area contributed by atoms with Gasteiger partial charge in [-0.2, -0.15) is 0 Å². The smallest absolute Gasteiger partial charge is 0.337 e. The highest BCUT2D eigenvalue weighted by Crippen LogP contribution is 2.11. The van der Waals surface area contributed by atoms with Crippen LogP contribution in [0, 0.1) is 0 Å². The highest BCUT2D eigenvalue weighted by molar-refractivity contribution is 5.75. The molecule has 0 fully saturated rings. The van der Waals surface area contributed by atoms with Crippen LogP contribution in [0.25, 0.3) is 0 Å². The van der Waals surface area contributed by atoms with E-state index in [0.29, 0.717) is 6.42 Å². The molecule has 0 saturated heterocycles. The molecule has 0 spiro atoms. The molecule has 2 unspecified atom stereocenters. The number of carbonyl (C=O) groups is 1. The molecule has 18 heavy (non-hydrogen) atoms. The van der Waals surface area contributed by atoms with E-state index < -0.39 is 23.7 Å². The average molecular weight is 251 g/mol. The standard InChI is InChI=1S/C14H21NO3/c1-14(2,3)18-13(17)12(16)11(15)9-10-7-5-4-6-8-10/h4-8,11-12,16H,9,15H2,1-3H3. The minimum absolute atomic E-state index is 0.432. The van der Waals surface area contributed by atoms with Crippen molar-refractivity contribution in [2.75, 3.05) is 0 Å². The molecule has 2 atom stereocenters. The average Bonchev–Trinajstić information content (AvgIpc) is 2.27. The minimum atomic E-state index is -1.30. The zero-order chi connectivity index (χ0) is 13.8. The van der Waals surface area contributed by atoms with Crippen LogP contribution in [0.3, 0.4) is 0 Å². The van der Waals surface area contributed by atoms with Gasteiger partial charge in [-0.1, -0.05) is 30.3 Å². The Balaban J connectivity index is 2.56. The van der Waals surface area contributed by atoms with Gasteiger partial charge in [-0.3, -0.25) is 0 Å². The Bertz CT molecular complexity index is 384. The first-order valence-electron chi connectivity index (χ1n) is 6.00. The topological polar surface area (TPSA) is 72.5 Å². The number of aliphatic hydroxyl groups excluding tert-OH is 1. The molecule has 0 radical (unpaired) electrons. The molecular weight excluding hydrogens is 230 g/mol. The van der Waals surface area contributed by atoms with Crippen LogP contribution in [0.4, 0.5) is 0 Å². The molecule has 0 aromatic heterocycles. The van der Waals surface area contributed by atoms with E-state index >= 15 is 0 Å². The molecule has 0 saturated carbocycles. The second-order valence-electron chi connectivity index (χ2n) is 5.33. The predicted octanol–water partition coefficient (Wildman–Crippen LogP) is 1.26. The van der Waals surface area contributed by atoms with Crippen molar-refractivity contribution >= 4 is 5.97 Å². The van der Waals surface area contributed by atoms with Crippen LogP contribution in [0.5, 0.6) is 0 Å². The van der Waals surface area contributed by atoms with E-state index in [2.05, 4.69) is 0 Å². The molecule has 0 aliphatic heterocycles. The quantitative estimate of drug-likeness (QED) is 0.790. The lowest BCUT2D eigenvalue weighted by Crippen LogP contribution is -2.45. The third-order valence-electron chi connectivity index (χ3n) is 2.37. The summed E-state index contributed by atoms with van der Waals surface area (Å²) in [5.41, 5.74) is 6.18. The Labute approximate surface area is 108 Å². The lowest BCUT2D eigenvalue weighted by atomic mass is 10.0. The first-order chi connectivity index (χ1) is 8.29. The third-order valence-corrected chi connectivity index (χ3v) is 2.37. The van der Waals surface area contributed by atoms with E-state index in [0.717, 1.165) is 5.56 Å². The van der Waals surface area contributed by atoms with Gasteiger partial charge in [0.1, 0.15) is 5.60 Å². The zero-order valence-corrected chi connectivity index (χ0v) is 11.1. The Morgan fingerprint density at radius 1 is 1.33 bits per heavy atom. The van der Waals surface area contributed by atoms with Crippen molar-refractivity contribution in [2.45, 2.75) is 44.9 Å². The van der Waals surface area contributed by atoms with E-state index in [1.165, 1.54) is 0 Å². The van der Waals surface area contributed by atoms with Crippen molar-refractivity contribution in [3.05, 3.63) is 35.9 Å². The predicted molar refractivity (Wildman–Crippen MR) is 70.0 cm³/mol. The number of ether oxygens (including phenoxy) is 1. The lowest BCUT2D eigenvalue weighted by Gasteiger charge is -2.24. The molecular formula is C14H21NO3. The highest BCUT2D eigenvalue weighted by atomic mass is 16.6. The van der Waals surface area contributed by atoms with Gasteiger partial charge in [-0.15, -0.1) is 0 Å². The van der Waals surface area contributed by atoms with Crippen molar-refractivity contribution in [3.63, 3.8) is 0 Å². The summed E-state index contributed by atoms with van der Waals surface area (Å²) < 4.78 is 5.09. The Hall–Kier alpha value is -1.39. The molecule has 100 valence electrons. The van der Waals surface area contributed by atoms with Crippen LogP contribution >= 0.6 is 0 Å². The van der Waals surface area contributed by atoms with Gasteiger partial charge in [0.2, 0.25) is 0 Å². The van der Waals surface area contributed by atoms with E-state index in [1.54, 1.807) is 20.8 Å². The number of nitrogens with two attached hydrogens (primary N) is 1. The van der Waals surface area contributed by atoms with E-state index in [9.17, 15) is 9.90 Å². The molecule has 3 N–H and O–H groups in total. The molecule has 4 heteroatoms. The molecule has 1 aromatic carbocycles. The molecule has 1 aromatic rings. The van der Waals surface area contributed by atoms with Crippen LogP contribution in [-0.4, -0.2) is 28.8 Å². The maximum Gasteiger partial charge on any atom is 0.337 e. The monoisotopic (exact) mass is 251 g/mol. The van der Waals surface area contributed by atoms with E-state index in [1.807, 2.05) is 30.3 Å². The highest BCUT2D eigenvalue weighted by Gasteiger charge is 2.28. The van der Waals surface area contributed by atoms with Crippen molar-refractivity contribution < 1.29 is 14.6 Å². The summed E-state index contributed by atoms with van der Waals surface area (Å²) in [7, 11) is 0. The Kier molecular flexibility index (Phi) is 4.87. The van der Waals surface area contributed by atoms with E-state index in [-0.39, 0.29) is 0 Å². The zero-order valence-electron chi connectivity index (χ0n) is 11.1. The number of aliphatic hydroxyl groups is 1. The van der Waals surface area contributed by atoms with Crippen LogP contribution < -0.4 is 5.73 Å². The van der Waals surface area contributed by atoms with Crippen LogP contribution in [0.1, 0.15) is 26.3 Å². The molecule has 0 aliphatic rings. The Morgan fingerprint density at radius 2 is 1.89 bits per heavy atom. The SMILES string of the molecule is CC(C)(C)OC(=O)C(O)C(N)Cc1ccccc1. The number of benzene rings is 1. The number of hydrogen-bond acceptors (Lipinski definition) is 4. The van der Waals surface area contributed by atoms with Crippen LogP contribution in [0.15, 0.2) is 30.3 Å². The lowest BCUT2D eigenvalue weighted by molar-refractivity contribution is -0.166. The second-order valence-corrected chi connectivity index (χ2v) is 5.33. The van der Waals surface area contributed by atoms with Gasteiger partial charge in [-0.25, -0.2) is 4.79 Å². The summed E-state index contributed by atoms with van der Waals surface area (Å²) in [6, 6.07) is 8.83. The molecule has 4 nitrogen and oxygen atoms in total. The van der Waals surface area contributed by atoms with Crippen LogP contribution in [-0.2, 0) is 16.0 Å². The fourth-order valence-electron chi connectivity index (χ4n) is 1.53. The van der Waals surface area contributed by atoms with Gasteiger partial charge in [-0.05, 0) is 32.8 Å². The molecule has 0 bridgehead atoms. The molecule has 0 aliphatic carbocycles. The summed E-state index contributed by atoms with van der Waals surface area (Å²) in [6.07, 6.45) is -0.870. The van der Waals surface area contributed by atoms with Gasteiger partial charge in [0.25, 0.3) is 0 Å². The summed E-state index contributed by atoms with van der Waals surface area (Å²) in [5, 5.41) is 9.81.